The molecule has 1 fully saturated rings. The number of hydrogen-bond donors (Lipinski definition) is 4. The monoisotopic (exact) mass is 460 g/mol. The van der Waals surface area contributed by atoms with Crippen LogP contribution in [0.4, 0.5) is 0 Å². The van der Waals surface area contributed by atoms with Gasteiger partial charge in [-0.3, -0.25) is 38.8 Å². The summed E-state index contributed by atoms with van der Waals surface area (Å²) >= 11 is 0. The average Bonchev–Trinajstić information content (AvgIpc) is 2.63. The molecule has 0 amide bonds. The molecule has 0 bridgehead atoms. The second-order valence-corrected chi connectivity index (χ2v) is 8.69. The van der Waals surface area contributed by atoms with Crippen LogP contribution in [0, 0.1) is 0 Å². The molecule has 0 aromatic carbocycles. The second kappa shape index (κ2) is 12.7. The van der Waals surface area contributed by atoms with Gasteiger partial charge >= 0.3 is 23.9 Å². The van der Waals surface area contributed by atoms with E-state index in [0.717, 1.165) is 0 Å². The summed E-state index contributed by atoms with van der Waals surface area (Å²) in [7, 11) is 0. The average molecular weight is 461 g/mol. The van der Waals surface area contributed by atoms with E-state index in [-0.39, 0.29) is 76.5 Å². The second-order valence-electron chi connectivity index (χ2n) is 8.69. The zero-order valence-corrected chi connectivity index (χ0v) is 19.2. The van der Waals surface area contributed by atoms with Gasteiger partial charge in [-0.25, -0.2) is 0 Å². The van der Waals surface area contributed by atoms with Crippen LogP contribution in [0.3, 0.4) is 0 Å². The van der Waals surface area contributed by atoms with E-state index in [4.69, 9.17) is 0 Å². The minimum absolute atomic E-state index is 0.262. The van der Waals surface area contributed by atoms with E-state index in [1.165, 1.54) is 0 Å². The van der Waals surface area contributed by atoms with E-state index in [0.29, 0.717) is 0 Å². The van der Waals surface area contributed by atoms with E-state index in [2.05, 4.69) is 0 Å². The Labute approximate surface area is 188 Å². The molecule has 4 atom stereocenters. The number of aliphatic carboxylic acids is 4. The van der Waals surface area contributed by atoms with Gasteiger partial charge in [-0.1, -0.05) is 0 Å². The Kier molecular flexibility index (Phi) is 11.0. The summed E-state index contributed by atoms with van der Waals surface area (Å²) in [5.74, 6) is -4.11. The molecular formula is C20H36N4O8. The molecule has 4 N–H and O–H groups in total. The third-order valence-corrected chi connectivity index (χ3v) is 5.84. The molecule has 0 aliphatic carbocycles. The molecule has 1 aliphatic rings. The summed E-state index contributed by atoms with van der Waals surface area (Å²) in [5, 5.41) is 37.5. The number of nitrogens with zero attached hydrogens (tertiary/aromatic N) is 4. The first kappa shape index (κ1) is 27.8. The zero-order valence-electron chi connectivity index (χ0n) is 19.2. The molecule has 32 heavy (non-hydrogen) atoms. The van der Waals surface area contributed by atoms with Crippen LogP contribution < -0.4 is 0 Å². The molecule has 12 nitrogen and oxygen atoms in total. The third-order valence-electron chi connectivity index (χ3n) is 5.84. The van der Waals surface area contributed by atoms with Gasteiger partial charge in [-0.2, -0.15) is 0 Å². The van der Waals surface area contributed by atoms with Gasteiger partial charge < -0.3 is 20.4 Å². The van der Waals surface area contributed by atoms with Gasteiger partial charge in [0.25, 0.3) is 0 Å². The lowest BCUT2D eigenvalue weighted by Crippen LogP contribution is -2.58. The molecule has 0 unspecified atom stereocenters. The van der Waals surface area contributed by atoms with E-state index < -0.39 is 23.9 Å². The van der Waals surface area contributed by atoms with Crippen molar-refractivity contribution in [3.8, 4) is 0 Å². The molecule has 0 aromatic heterocycles. The fraction of sp³-hybridized carbons (Fsp3) is 0.800. The van der Waals surface area contributed by atoms with Crippen LogP contribution in [-0.4, -0.2) is 140 Å². The van der Waals surface area contributed by atoms with Gasteiger partial charge in [0, 0.05) is 50.3 Å². The summed E-state index contributed by atoms with van der Waals surface area (Å²) in [5.41, 5.74) is 0. The number of hydrogen-bond acceptors (Lipinski definition) is 8. The molecule has 1 saturated heterocycles. The SMILES string of the molecule is C[C@@H]1CN(CC(=O)O)[C@H](C)CN(CC(=O)O)[C@H](C)CN(CC(=O)O)[C@H](C)CN1CC(=O)O. The van der Waals surface area contributed by atoms with E-state index >= 15 is 0 Å². The Morgan fingerprint density at radius 2 is 0.656 bits per heavy atom. The Hall–Kier alpha value is -2.28. The largest absolute Gasteiger partial charge is 0.480 e. The maximum absolute atomic E-state index is 11.5. The molecule has 12 heteroatoms. The first-order chi connectivity index (χ1) is 14.8. The van der Waals surface area contributed by atoms with E-state index in [1.54, 1.807) is 19.6 Å². The summed E-state index contributed by atoms with van der Waals surface area (Å²) < 4.78 is 0. The van der Waals surface area contributed by atoms with Crippen molar-refractivity contribution in [3.05, 3.63) is 0 Å². The van der Waals surface area contributed by atoms with Crippen LogP contribution in [0.2, 0.25) is 0 Å². The van der Waals surface area contributed by atoms with Gasteiger partial charge in [0.2, 0.25) is 0 Å². The maximum atomic E-state index is 11.5. The van der Waals surface area contributed by atoms with Gasteiger partial charge in [0.1, 0.15) is 0 Å². The molecule has 0 saturated carbocycles. The van der Waals surface area contributed by atoms with E-state index in [1.807, 2.05) is 27.7 Å². The smallest absolute Gasteiger partial charge is 0.317 e. The third kappa shape index (κ3) is 9.47. The predicted octanol–water partition coefficient (Wildman–Crippen LogP) is -0.900. The molecule has 0 radical (unpaired) electrons. The summed E-state index contributed by atoms with van der Waals surface area (Å²) in [6, 6.07) is -1.31. The van der Waals surface area contributed by atoms with Crippen molar-refractivity contribution in [1.29, 1.82) is 0 Å². The fourth-order valence-corrected chi connectivity index (χ4v) is 4.12. The summed E-state index contributed by atoms with van der Waals surface area (Å²) in [4.78, 5) is 52.7. The van der Waals surface area contributed by atoms with Crippen molar-refractivity contribution in [2.24, 2.45) is 0 Å². The predicted molar refractivity (Wildman–Crippen MR) is 115 cm³/mol. The molecular weight excluding hydrogens is 424 g/mol. The standard InChI is InChI=1S/C20H36N4O8/c1-13-5-22(10-18(27)28)15(3)7-24(12-20(31)32)16(4)8-23(11-19(29)30)14(2)6-21(13)9-17(25)26/h13-16H,5-12H2,1-4H3,(H,25,26)(H,27,28)(H,29,30)(H,31,32)/t13-,14-,15-,16-/m1/s1. The highest BCUT2D eigenvalue weighted by atomic mass is 16.4. The first-order valence-electron chi connectivity index (χ1n) is 10.6. The summed E-state index contributed by atoms with van der Waals surface area (Å²) in [6.07, 6.45) is 0. The minimum Gasteiger partial charge on any atom is -0.480 e. The van der Waals surface area contributed by atoms with E-state index in [9.17, 15) is 39.6 Å². The van der Waals surface area contributed by atoms with Gasteiger partial charge in [-0.05, 0) is 27.7 Å². The van der Waals surface area contributed by atoms with Crippen LogP contribution >= 0.6 is 0 Å². The molecule has 1 aliphatic heterocycles. The lowest BCUT2D eigenvalue weighted by Gasteiger charge is -2.42. The Morgan fingerprint density at radius 1 is 0.500 bits per heavy atom. The lowest BCUT2D eigenvalue weighted by molar-refractivity contribution is -0.143. The number of carboxylic acid groups (broad SMARTS) is 4. The van der Waals surface area contributed by atoms with Crippen molar-refractivity contribution in [1.82, 2.24) is 19.6 Å². The molecule has 184 valence electrons. The number of carbonyl (C=O) groups is 4. The normalized spacial score (nSPS) is 27.9. The van der Waals surface area contributed by atoms with Crippen molar-refractivity contribution in [3.63, 3.8) is 0 Å². The van der Waals surface area contributed by atoms with Crippen molar-refractivity contribution < 1.29 is 39.6 Å². The Bertz CT molecular complexity index is 564. The topological polar surface area (TPSA) is 162 Å². The maximum Gasteiger partial charge on any atom is 0.317 e. The van der Waals surface area contributed by atoms with Crippen molar-refractivity contribution in [2.45, 2.75) is 51.9 Å². The number of rotatable bonds is 8. The fourth-order valence-electron chi connectivity index (χ4n) is 4.12. The van der Waals surface area contributed by atoms with Crippen molar-refractivity contribution >= 4 is 23.9 Å². The number of carboxylic acids is 4. The van der Waals surface area contributed by atoms with Crippen molar-refractivity contribution in [2.75, 3.05) is 52.4 Å². The van der Waals surface area contributed by atoms with Gasteiger partial charge in [0.15, 0.2) is 0 Å². The minimum atomic E-state index is -1.03. The van der Waals surface area contributed by atoms with Crippen LogP contribution in [-0.2, 0) is 19.2 Å². The molecule has 0 spiro atoms. The van der Waals surface area contributed by atoms with Gasteiger partial charge in [-0.15, -0.1) is 0 Å². The van der Waals surface area contributed by atoms with Crippen LogP contribution in [0.1, 0.15) is 27.7 Å². The Balaban J connectivity index is 3.34. The van der Waals surface area contributed by atoms with Gasteiger partial charge in [0.05, 0.1) is 26.2 Å². The lowest BCUT2D eigenvalue weighted by atomic mass is 10.1. The first-order valence-corrected chi connectivity index (χ1v) is 10.6. The van der Waals surface area contributed by atoms with Crippen LogP contribution in [0.15, 0.2) is 0 Å². The highest BCUT2D eigenvalue weighted by molar-refractivity contribution is 5.70. The summed E-state index contributed by atoms with van der Waals surface area (Å²) in [6.45, 7) is 7.25. The zero-order chi connectivity index (χ0) is 24.6. The Morgan fingerprint density at radius 3 is 0.781 bits per heavy atom. The van der Waals surface area contributed by atoms with Crippen LogP contribution in [0.5, 0.6) is 0 Å². The highest BCUT2D eigenvalue weighted by Gasteiger charge is 2.31. The highest BCUT2D eigenvalue weighted by Crippen LogP contribution is 2.15. The molecule has 1 rings (SSSR count). The van der Waals surface area contributed by atoms with Crippen LogP contribution in [0.25, 0.3) is 0 Å². The molecule has 0 aromatic rings. The molecule has 1 heterocycles. The quantitative estimate of drug-likeness (QED) is 0.354.